The predicted octanol–water partition coefficient (Wildman–Crippen LogP) is 1.75. The molecule has 0 aliphatic heterocycles. The molecule has 0 heterocycles. The Labute approximate surface area is 114 Å². The Morgan fingerprint density at radius 1 is 1.50 bits per heavy atom. The molecule has 0 saturated carbocycles. The van der Waals surface area contributed by atoms with Crippen LogP contribution in [0.2, 0.25) is 0 Å². The van der Waals surface area contributed by atoms with E-state index >= 15 is 0 Å². The second-order valence-electron chi connectivity index (χ2n) is 4.35. The van der Waals surface area contributed by atoms with Gasteiger partial charge >= 0.3 is 0 Å². The number of carbonyl (C=O) groups is 2. The number of anilines is 1. The van der Waals surface area contributed by atoms with E-state index in [1.165, 1.54) is 14.0 Å². The van der Waals surface area contributed by atoms with Crippen LogP contribution in [0.15, 0.2) is 11.2 Å². The number of rotatable bonds is 2. The average molecular weight is 280 g/mol. The molecule has 0 bridgehead atoms. The Morgan fingerprint density at radius 3 is 2.75 bits per heavy atom. The number of nitrogens with zero attached hydrogens (tertiary/aromatic N) is 1. The van der Waals surface area contributed by atoms with E-state index in [0.717, 1.165) is 6.07 Å². The molecule has 0 atom stereocenters. The van der Waals surface area contributed by atoms with Gasteiger partial charge in [0.25, 0.3) is 0 Å². The maximum absolute atomic E-state index is 13.9. The third-order valence-corrected chi connectivity index (χ3v) is 3.07. The van der Waals surface area contributed by atoms with Crippen LogP contribution in [0.3, 0.4) is 0 Å². The largest absolute Gasteiger partial charge is 0.493 e. The van der Waals surface area contributed by atoms with E-state index in [4.69, 9.17) is 9.94 Å². The Kier molecular flexibility index (Phi) is 3.69. The summed E-state index contributed by atoms with van der Waals surface area (Å²) in [5, 5.41) is 14.2. The maximum atomic E-state index is 13.9. The summed E-state index contributed by atoms with van der Waals surface area (Å²) in [6, 6.07) is 1.03. The molecular formula is C13H13FN2O4. The first-order chi connectivity index (χ1) is 9.49. The van der Waals surface area contributed by atoms with Gasteiger partial charge in [-0.3, -0.25) is 9.59 Å². The molecule has 0 saturated heterocycles. The van der Waals surface area contributed by atoms with E-state index in [1.54, 1.807) is 0 Å². The molecule has 6 nitrogen and oxygen atoms in total. The highest BCUT2D eigenvalue weighted by atomic mass is 19.1. The Morgan fingerprint density at radius 2 is 2.20 bits per heavy atom. The van der Waals surface area contributed by atoms with Gasteiger partial charge in [0.15, 0.2) is 11.6 Å². The van der Waals surface area contributed by atoms with Crippen molar-refractivity contribution in [2.24, 2.45) is 5.16 Å². The summed E-state index contributed by atoms with van der Waals surface area (Å²) in [5.41, 5.74) is 0.501. The second-order valence-corrected chi connectivity index (χ2v) is 4.35. The van der Waals surface area contributed by atoms with Crippen LogP contribution in [0.1, 0.15) is 29.3 Å². The summed E-state index contributed by atoms with van der Waals surface area (Å²) in [6.45, 7) is 1.25. The van der Waals surface area contributed by atoms with Crippen LogP contribution >= 0.6 is 0 Å². The van der Waals surface area contributed by atoms with Gasteiger partial charge in [-0.1, -0.05) is 5.16 Å². The fraction of sp³-hybridized carbons (Fsp3) is 0.308. The summed E-state index contributed by atoms with van der Waals surface area (Å²) in [6.07, 6.45) is 0.468. The normalized spacial score (nSPS) is 15.9. The zero-order valence-corrected chi connectivity index (χ0v) is 11.0. The van der Waals surface area contributed by atoms with Gasteiger partial charge < -0.3 is 15.3 Å². The number of oxime groups is 1. The van der Waals surface area contributed by atoms with Crippen molar-refractivity contribution in [2.45, 2.75) is 19.8 Å². The quantitative estimate of drug-likeness (QED) is 0.638. The van der Waals surface area contributed by atoms with Crippen molar-refractivity contribution in [2.75, 3.05) is 12.4 Å². The number of hydrogen-bond acceptors (Lipinski definition) is 5. The smallest absolute Gasteiger partial charge is 0.221 e. The number of halogens is 1. The number of ketones is 1. The standard InChI is InChI=1S/C13H13FN2O4/c1-6(17)15-10-5-8(14)13(20-2)7-3-4-9(16-19)12(18)11(7)10/h5,19H,3-4H2,1-2H3,(H,15,17)/b16-9-. The zero-order chi connectivity index (χ0) is 14.9. The van der Waals surface area contributed by atoms with Crippen molar-refractivity contribution >= 4 is 23.1 Å². The highest BCUT2D eigenvalue weighted by molar-refractivity contribution is 6.48. The molecular weight excluding hydrogens is 267 g/mol. The molecule has 20 heavy (non-hydrogen) atoms. The highest BCUT2D eigenvalue weighted by Gasteiger charge is 2.31. The molecule has 1 aliphatic carbocycles. The highest BCUT2D eigenvalue weighted by Crippen LogP contribution is 2.36. The number of Topliss-reactive ketones (excluding diaryl/α,β-unsaturated/α-hetero) is 1. The van der Waals surface area contributed by atoms with Gasteiger partial charge in [-0.15, -0.1) is 0 Å². The molecule has 0 radical (unpaired) electrons. The lowest BCUT2D eigenvalue weighted by Crippen LogP contribution is -2.26. The Hall–Kier alpha value is -2.44. The number of methoxy groups -OCH3 is 1. The molecule has 1 aliphatic rings. The van der Waals surface area contributed by atoms with E-state index < -0.39 is 17.5 Å². The summed E-state index contributed by atoms with van der Waals surface area (Å²) in [4.78, 5) is 23.4. The first kappa shape index (κ1) is 14.0. The topological polar surface area (TPSA) is 88.0 Å². The monoisotopic (exact) mass is 280 g/mol. The lowest BCUT2D eigenvalue weighted by molar-refractivity contribution is -0.114. The minimum absolute atomic E-state index is 0.0283. The van der Waals surface area contributed by atoms with Gasteiger partial charge in [0.05, 0.1) is 18.4 Å². The fourth-order valence-electron chi connectivity index (χ4n) is 2.29. The second kappa shape index (κ2) is 5.28. The number of fused-ring (bicyclic) bond motifs is 1. The van der Waals surface area contributed by atoms with E-state index in [1.807, 2.05) is 0 Å². The molecule has 106 valence electrons. The minimum Gasteiger partial charge on any atom is -0.493 e. The summed E-state index contributed by atoms with van der Waals surface area (Å²) in [7, 11) is 1.30. The third-order valence-electron chi connectivity index (χ3n) is 3.07. The minimum atomic E-state index is -0.660. The van der Waals surface area contributed by atoms with Gasteiger partial charge in [0, 0.05) is 25.0 Å². The van der Waals surface area contributed by atoms with Crippen LogP contribution in [-0.4, -0.2) is 29.7 Å². The molecule has 0 aromatic heterocycles. The van der Waals surface area contributed by atoms with Crippen LogP contribution in [0.5, 0.6) is 5.75 Å². The Balaban J connectivity index is 2.70. The number of ether oxygens (including phenoxy) is 1. The van der Waals surface area contributed by atoms with Crippen LogP contribution in [-0.2, 0) is 11.2 Å². The molecule has 1 amide bonds. The van der Waals surface area contributed by atoms with E-state index in [2.05, 4.69) is 10.5 Å². The predicted molar refractivity (Wildman–Crippen MR) is 69.1 cm³/mol. The van der Waals surface area contributed by atoms with E-state index in [-0.39, 0.29) is 35.6 Å². The van der Waals surface area contributed by atoms with Crippen LogP contribution in [0.4, 0.5) is 10.1 Å². The van der Waals surface area contributed by atoms with Gasteiger partial charge in [-0.05, 0) is 6.42 Å². The Bertz CT molecular complexity index is 625. The van der Waals surface area contributed by atoms with E-state index in [9.17, 15) is 14.0 Å². The molecule has 2 N–H and O–H groups in total. The molecule has 1 aromatic rings. The van der Waals surface area contributed by atoms with Crippen molar-refractivity contribution in [3.8, 4) is 5.75 Å². The molecule has 2 rings (SSSR count). The fourth-order valence-corrected chi connectivity index (χ4v) is 2.29. The molecule has 0 unspecified atom stereocenters. The average Bonchev–Trinajstić information content (AvgIpc) is 2.38. The van der Waals surface area contributed by atoms with Gasteiger partial charge in [0.1, 0.15) is 5.71 Å². The number of carbonyl (C=O) groups excluding carboxylic acids is 2. The van der Waals surface area contributed by atoms with Crippen molar-refractivity contribution in [1.82, 2.24) is 0 Å². The first-order valence-corrected chi connectivity index (χ1v) is 5.92. The van der Waals surface area contributed by atoms with Crippen molar-refractivity contribution in [3.05, 3.63) is 23.0 Å². The number of amides is 1. The number of hydrogen-bond donors (Lipinski definition) is 2. The molecule has 0 spiro atoms. The van der Waals surface area contributed by atoms with Crippen LogP contribution in [0, 0.1) is 5.82 Å². The van der Waals surface area contributed by atoms with Crippen LogP contribution < -0.4 is 10.1 Å². The lowest BCUT2D eigenvalue weighted by Gasteiger charge is -2.22. The van der Waals surface area contributed by atoms with Crippen molar-refractivity contribution in [1.29, 1.82) is 0 Å². The molecule has 7 heteroatoms. The van der Waals surface area contributed by atoms with Gasteiger partial charge in [0.2, 0.25) is 11.7 Å². The molecule has 0 fully saturated rings. The van der Waals surface area contributed by atoms with Crippen LogP contribution in [0.25, 0.3) is 0 Å². The first-order valence-electron chi connectivity index (χ1n) is 5.92. The van der Waals surface area contributed by atoms with Gasteiger partial charge in [-0.25, -0.2) is 4.39 Å². The maximum Gasteiger partial charge on any atom is 0.221 e. The SMILES string of the molecule is COc1c(F)cc(NC(C)=O)c2c1CC/C(=N/O)C2=O. The molecule has 1 aromatic carbocycles. The summed E-state index contributed by atoms with van der Waals surface area (Å²) < 4.78 is 18.9. The summed E-state index contributed by atoms with van der Waals surface area (Å²) in [5.74, 6) is -1.67. The van der Waals surface area contributed by atoms with Crippen molar-refractivity contribution < 1.29 is 23.9 Å². The zero-order valence-electron chi connectivity index (χ0n) is 11.0. The lowest BCUT2D eigenvalue weighted by atomic mass is 9.87. The van der Waals surface area contributed by atoms with Gasteiger partial charge in [-0.2, -0.15) is 0 Å². The summed E-state index contributed by atoms with van der Waals surface area (Å²) >= 11 is 0. The third kappa shape index (κ3) is 2.22. The number of nitrogens with one attached hydrogen (secondary N) is 1. The number of benzene rings is 1. The van der Waals surface area contributed by atoms with Crippen molar-refractivity contribution in [3.63, 3.8) is 0 Å². The van der Waals surface area contributed by atoms with E-state index in [0.29, 0.717) is 5.56 Å².